The zero-order valence-electron chi connectivity index (χ0n) is 9.91. The molecule has 0 atom stereocenters. The van der Waals surface area contributed by atoms with Crippen molar-refractivity contribution in [1.29, 1.82) is 0 Å². The number of benzene rings is 1. The molecule has 0 amide bonds. The molecule has 0 spiro atoms. The van der Waals surface area contributed by atoms with E-state index in [1.165, 1.54) is 6.42 Å². The number of carboxylic acids is 1. The number of nitrogens with zero attached hydrogens (tertiary/aromatic N) is 4. The molecule has 6 nitrogen and oxygen atoms in total. The summed E-state index contributed by atoms with van der Waals surface area (Å²) in [5.41, 5.74) is 1.76. The molecule has 0 unspecified atom stereocenters. The maximum atomic E-state index is 11.0. The molecule has 1 aromatic carbocycles. The SMILES string of the molecule is O=C(O)c1ccc2nnn(N3CCCCC3)c2c1. The third-order valence-electron chi connectivity index (χ3n) is 3.28. The Morgan fingerprint density at radius 3 is 2.72 bits per heavy atom. The molecule has 1 aromatic heterocycles. The standard InChI is InChI=1S/C12H14N4O2/c17-12(18)9-4-5-10-11(8-9)16(14-13-10)15-6-2-1-3-7-15/h4-5,8H,1-3,6-7H2,(H,17,18). The van der Waals surface area contributed by atoms with Gasteiger partial charge in [-0.15, -0.1) is 5.10 Å². The Kier molecular flexibility index (Phi) is 2.62. The predicted octanol–water partition coefficient (Wildman–Crippen LogP) is 1.25. The van der Waals surface area contributed by atoms with Crippen molar-refractivity contribution >= 4 is 17.0 Å². The average Bonchev–Trinajstić information content (AvgIpc) is 2.82. The molecule has 0 saturated carbocycles. The Morgan fingerprint density at radius 1 is 1.22 bits per heavy atom. The summed E-state index contributed by atoms with van der Waals surface area (Å²) in [5.74, 6) is -0.928. The van der Waals surface area contributed by atoms with Crippen molar-refractivity contribution in [2.24, 2.45) is 0 Å². The van der Waals surface area contributed by atoms with E-state index >= 15 is 0 Å². The van der Waals surface area contributed by atoms with E-state index in [1.807, 2.05) is 0 Å². The number of rotatable bonds is 2. The van der Waals surface area contributed by atoms with Crippen LogP contribution in [0.15, 0.2) is 18.2 Å². The van der Waals surface area contributed by atoms with E-state index in [1.54, 1.807) is 23.0 Å². The van der Waals surface area contributed by atoms with Crippen molar-refractivity contribution in [1.82, 2.24) is 15.1 Å². The summed E-state index contributed by atoms with van der Waals surface area (Å²) < 4.78 is 0. The van der Waals surface area contributed by atoms with Gasteiger partial charge in [0.1, 0.15) is 11.0 Å². The first kappa shape index (κ1) is 11.0. The van der Waals surface area contributed by atoms with Gasteiger partial charge >= 0.3 is 5.97 Å². The summed E-state index contributed by atoms with van der Waals surface area (Å²) in [6, 6.07) is 4.89. The number of fused-ring (bicyclic) bond motifs is 1. The predicted molar refractivity (Wildman–Crippen MR) is 66.3 cm³/mol. The molecule has 18 heavy (non-hydrogen) atoms. The van der Waals surface area contributed by atoms with Crippen LogP contribution in [0.25, 0.3) is 11.0 Å². The highest BCUT2D eigenvalue weighted by Gasteiger charge is 2.16. The van der Waals surface area contributed by atoms with E-state index in [2.05, 4.69) is 15.3 Å². The van der Waals surface area contributed by atoms with Crippen LogP contribution in [-0.4, -0.2) is 39.3 Å². The highest BCUT2D eigenvalue weighted by molar-refractivity contribution is 5.92. The number of carboxylic acid groups (broad SMARTS) is 1. The lowest BCUT2D eigenvalue weighted by atomic mass is 10.2. The van der Waals surface area contributed by atoms with Gasteiger partial charge in [0.15, 0.2) is 0 Å². The minimum atomic E-state index is -0.928. The number of piperidine rings is 1. The molecule has 1 N–H and O–H groups in total. The van der Waals surface area contributed by atoms with Gasteiger partial charge in [0.2, 0.25) is 0 Å². The van der Waals surface area contributed by atoms with Crippen molar-refractivity contribution in [3.05, 3.63) is 23.8 Å². The molecule has 0 aliphatic carbocycles. The van der Waals surface area contributed by atoms with E-state index in [-0.39, 0.29) is 5.56 Å². The fourth-order valence-electron chi connectivity index (χ4n) is 2.32. The smallest absolute Gasteiger partial charge is 0.335 e. The molecular formula is C12H14N4O2. The van der Waals surface area contributed by atoms with E-state index in [4.69, 9.17) is 5.11 Å². The van der Waals surface area contributed by atoms with Crippen LogP contribution in [0.4, 0.5) is 0 Å². The number of aromatic carboxylic acids is 1. The lowest BCUT2D eigenvalue weighted by molar-refractivity contribution is 0.0697. The second-order valence-corrected chi connectivity index (χ2v) is 4.50. The van der Waals surface area contributed by atoms with Crippen molar-refractivity contribution in [2.75, 3.05) is 18.1 Å². The topological polar surface area (TPSA) is 71.2 Å². The molecule has 2 heterocycles. The number of hydrogen-bond donors (Lipinski definition) is 1. The fraction of sp³-hybridized carbons (Fsp3) is 0.417. The van der Waals surface area contributed by atoms with E-state index in [0.717, 1.165) is 37.0 Å². The summed E-state index contributed by atoms with van der Waals surface area (Å²) in [7, 11) is 0. The van der Waals surface area contributed by atoms with Gasteiger partial charge in [-0.2, -0.15) is 4.79 Å². The summed E-state index contributed by atoms with van der Waals surface area (Å²) in [4.78, 5) is 12.7. The summed E-state index contributed by atoms with van der Waals surface area (Å²) in [6.45, 7) is 1.88. The van der Waals surface area contributed by atoms with Crippen LogP contribution in [-0.2, 0) is 0 Å². The van der Waals surface area contributed by atoms with Gasteiger partial charge < -0.3 is 5.11 Å². The highest BCUT2D eigenvalue weighted by atomic mass is 16.4. The van der Waals surface area contributed by atoms with Crippen LogP contribution in [0.2, 0.25) is 0 Å². The largest absolute Gasteiger partial charge is 0.478 e. The summed E-state index contributed by atoms with van der Waals surface area (Å²) in [5, 5.41) is 19.3. The third-order valence-corrected chi connectivity index (χ3v) is 3.28. The Morgan fingerprint density at radius 2 is 2.00 bits per heavy atom. The molecule has 1 fully saturated rings. The quantitative estimate of drug-likeness (QED) is 0.863. The number of hydrogen-bond acceptors (Lipinski definition) is 4. The minimum absolute atomic E-state index is 0.267. The molecule has 1 saturated heterocycles. The van der Waals surface area contributed by atoms with Gasteiger partial charge in [0, 0.05) is 13.1 Å². The van der Waals surface area contributed by atoms with Gasteiger partial charge in [-0.25, -0.2) is 4.79 Å². The third kappa shape index (κ3) is 1.79. The van der Waals surface area contributed by atoms with Crippen LogP contribution in [0.3, 0.4) is 0 Å². The molecule has 0 bridgehead atoms. The second-order valence-electron chi connectivity index (χ2n) is 4.50. The molecule has 2 aromatic rings. The van der Waals surface area contributed by atoms with Crippen LogP contribution < -0.4 is 5.01 Å². The highest BCUT2D eigenvalue weighted by Crippen LogP contribution is 2.16. The normalized spacial score (nSPS) is 16.1. The Bertz CT molecular complexity index is 587. The molecule has 0 radical (unpaired) electrons. The van der Waals surface area contributed by atoms with Gasteiger partial charge in [-0.05, 0) is 42.7 Å². The van der Waals surface area contributed by atoms with Crippen LogP contribution in [0.1, 0.15) is 29.6 Å². The summed E-state index contributed by atoms with van der Waals surface area (Å²) >= 11 is 0. The first-order valence-corrected chi connectivity index (χ1v) is 6.10. The monoisotopic (exact) mass is 246 g/mol. The molecule has 94 valence electrons. The molecule has 3 rings (SSSR count). The zero-order valence-corrected chi connectivity index (χ0v) is 9.91. The number of aromatic nitrogens is 3. The van der Waals surface area contributed by atoms with E-state index < -0.39 is 5.97 Å². The molecular weight excluding hydrogens is 232 g/mol. The minimum Gasteiger partial charge on any atom is -0.478 e. The van der Waals surface area contributed by atoms with Gasteiger partial charge in [-0.3, -0.25) is 5.01 Å². The van der Waals surface area contributed by atoms with E-state index in [0.29, 0.717) is 0 Å². The maximum absolute atomic E-state index is 11.0. The van der Waals surface area contributed by atoms with E-state index in [9.17, 15) is 4.79 Å². The van der Waals surface area contributed by atoms with Gasteiger partial charge in [0.25, 0.3) is 0 Å². The van der Waals surface area contributed by atoms with Crippen molar-refractivity contribution < 1.29 is 9.90 Å². The Balaban J connectivity index is 2.05. The average molecular weight is 246 g/mol. The fourth-order valence-corrected chi connectivity index (χ4v) is 2.32. The maximum Gasteiger partial charge on any atom is 0.335 e. The van der Waals surface area contributed by atoms with Gasteiger partial charge in [-0.1, -0.05) is 0 Å². The van der Waals surface area contributed by atoms with Crippen molar-refractivity contribution in [3.8, 4) is 0 Å². The molecule has 1 aliphatic heterocycles. The van der Waals surface area contributed by atoms with Crippen molar-refractivity contribution in [2.45, 2.75) is 19.3 Å². The molecule has 1 aliphatic rings. The Labute approximate surface area is 104 Å². The molecule has 6 heteroatoms. The lowest BCUT2D eigenvalue weighted by Crippen LogP contribution is -2.39. The second kappa shape index (κ2) is 4.29. The summed E-state index contributed by atoms with van der Waals surface area (Å²) in [6.07, 6.45) is 3.52. The van der Waals surface area contributed by atoms with Crippen LogP contribution in [0.5, 0.6) is 0 Å². The first-order valence-electron chi connectivity index (χ1n) is 6.10. The van der Waals surface area contributed by atoms with Crippen molar-refractivity contribution in [3.63, 3.8) is 0 Å². The van der Waals surface area contributed by atoms with Crippen LogP contribution >= 0.6 is 0 Å². The zero-order chi connectivity index (χ0) is 12.5. The van der Waals surface area contributed by atoms with Crippen LogP contribution in [0, 0.1) is 0 Å². The lowest BCUT2D eigenvalue weighted by Gasteiger charge is -2.28. The van der Waals surface area contributed by atoms with Gasteiger partial charge in [0.05, 0.1) is 5.56 Å². The first-order chi connectivity index (χ1) is 8.75. The Hall–Kier alpha value is -2.11. The number of carbonyl (C=O) groups is 1.